The molecule has 0 bridgehead atoms. The minimum absolute atomic E-state index is 0.155. The van der Waals surface area contributed by atoms with Gasteiger partial charge in [0.25, 0.3) is 5.91 Å². The molecule has 0 saturated carbocycles. The van der Waals surface area contributed by atoms with Gasteiger partial charge in [-0.05, 0) is 47.7 Å². The normalized spacial score (nSPS) is 11.9. The van der Waals surface area contributed by atoms with Gasteiger partial charge in [-0.25, -0.2) is 0 Å². The van der Waals surface area contributed by atoms with Crippen LogP contribution in [0.1, 0.15) is 13.8 Å². The number of fused-ring (bicyclic) bond motifs is 1. The molecule has 3 rings (SSSR count). The molecule has 0 radical (unpaired) electrons. The lowest BCUT2D eigenvalue weighted by molar-refractivity contribution is -0.122. The molecule has 0 spiro atoms. The van der Waals surface area contributed by atoms with Gasteiger partial charge in [-0.15, -0.1) is 11.8 Å². The van der Waals surface area contributed by atoms with Crippen LogP contribution in [0, 0.1) is 0 Å². The molecule has 4 heteroatoms. The van der Waals surface area contributed by atoms with Crippen LogP contribution in [-0.4, -0.2) is 17.8 Å². The smallest absolute Gasteiger partial charge is 0.265 e. The largest absolute Gasteiger partial charge is 0.481 e. The first kappa shape index (κ1) is 17.4. The Kier molecular flexibility index (Phi) is 5.61. The molecule has 0 aromatic heterocycles. The first-order valence-electron chi connectivity index (χ1n) is 8.35. The molecule has 25 heavy (non-hydrogen) atoms. The van der Waals surface area contributed by atoms with Crippen molar-refractivity contribution in [2.75, 3.05) is 11.1 Å². The van der Waals surface area contributed by atoms with Gasteiger partial charge in [0.1, 0.15) is 5.75 Å². The van der Waals surface area contributed by atoms with Gasteiger partial charge in [-0.3, -0.25) is 4.79 Å². The van der Waals surface area contributed by atoms with Crippen LogP contribution in [0.4, 0.5) is 5.69 Å². The second kappa shape index (κ2) is 8.08. The van der Waals surface area contributed by atoms with E-state index in [0.717, 1.165) is 27.1 Å². The van der Waals surface area contributed by atoms with E-state index in [9.17, 15) is 4.79 Å². The molecule has 0 heterocycles. The van der Waals surface area contributed by atoms with Crippen molar-refractivity contribution in [3.05, 3.63) is 66.7 Å². The van der Waals surface area contributed by atoms with Crippen LogP contribution in [0.5, 0.6) is 5.75 Å². The van der Waals surface area contributed by atoms with Crippen LogP contribution in [0.25, 0.3) is 10.8 Å². The molecule has 1 N–H and O–H groups in total. The Labute approximate surface area is 152 Å². The van der Waals surface area contributed by atoms with E-state index in [1.165, 1.54) is 0 Å². The Hall–Kier alpha value is -2.46. The molecule has 0 fully saturated rings. The van der Waals surface area contributed by atoms with Crippen LogP contribution in [0.2, 0.25) is 0 Å². The molecular formula is C21H21NO2S. The lowest BCUT2D eigenvalue weighted by Crippen LogP contribution is -2.30. The fourth-order valence-electron chi connectivity index (χ4n) is 2.58. The number of thioether (sulfide) groups is 1. The average molecular weight is 351 g/mol. The van der Waals surface area contributed by atoms with Gasteiger partial charge in [0, 0.05) is 4.90 Å². The fraction of sp³-hybridized carbons (Fsp3) is 0.190. The highest BCUT2D eigenvalue weighted by Crippen LogP contribution is 2.27. The number of hydrogen-bond donors (Lipinski definition) is 1. The summed E-state index contributed by atoms with van der Waals surface area (Å²) in [6.45, 7) is 3.86. The Morgan fingerprint density at radius 3 is 2.56 bits per heavy atom. The monoisotopic (exact) mass is 351 g/mol. The van der Waals surface area contributed by atoms with E-state index in [1.807, 2.05) is 60.7 Å². The predicted molar refractivity (Wildman–Crippen MR) is 106 cm³/mol. The van der Waals surface area contributed by atoms with Crippen molar-refractivity contribution in [3.63, 3.8) is 0 Å². The Morgan fingerprint density at radius 2 is 1.76 bits per heavy atom. The molecule has 0 aliphatic rings. The maximum Gasteiger partial charge on any atom is 0.265 e. The number of benzene rings is 3. The number of para-hydroxylation sites is 1. The van der Waals surface area contributed by atoms with Crippen LogP contribution in [0.15, 0.2) is 71.6 Å². The maximum atomic E-state index is 12.5. The standard InChI is InChI=1S/C21H21NO2S/c1-3-25-20-11-7-6-10-19(20)22-21(23)15(2)24-18-13-12-16-8-4-5-9-17(16)14-18/h4-15H,3H2,1-2H3,(H,22,23)/t15-/m1/s1. The summed E-state index contributed by atoms with van der Waals surface area (Å²) in [5.74, 6) is 1.49. The molecule has 0 saturated heterocycles. The third kappa shape index (κ3) is 4.34. The highest BCUT2D eigenvalue weighted by molar-refractivity contribution is 7.99. The summed E-state index contributed by atoms with van der Waals surface area (Å²) < 4.78 is 5.84. The molecule has 1 amide bonds. The summed E-state index contributed by atoms with van der Waals surface area (Å²) in [6.07, 6.45) is -0.583. The lowest BCUT2D eigenvalue weighted by Gasteiger charge is -2.16. The number of amides is 1. The summed E-state index contributed by atoms with van der Waals surface area (Å²) in [6, 6.07) is 21.8. The summed E-state index contributed by atoms with van der Waals surface area (Å²) in [5, 5.41) is 5.21. The number of carbonyl (C=O) groups excluding carboxylic acids is 1. The SMILES string of the molecule is CCSc1ccccc1NC(=O)[C@@H](C)Oc1ccc2ccccc2c1. The molecule has 128 valence electrons. The van der Waals surface area contributed by atoms with E-state index in [4.69, 9.17) is 4.74 Å². The highest BCUT2D eigenvalue weighted by atomic mass is 32.2. The Balaban J connectivity index is 1.69. The number of hydrogen-bond acceptors (Lipinski definition) is 3. The quantitative estimate of drug-likeness (QED) is 0.608. The first-order chi connectivity index (χ1) is 12.2. The summed E-state index contributed by atoms with van der Waals surface area (Å²) in [4.78, 5) is 13.6. The van der Waals surface area contributed by atoms with Crippen molar-refractivity contribution in [1.82, 2.24) is 0 Å². The molecule has 1 atom stereocenters. The molecule has 3 nitrogen and oxygen atoms in total. The van der Waals surface area contributed by atoms with Crippen molar-refractivity contribution in [1.29, 1.82) is 0 Å². The minimum atomic E-state index is -0.583. The van der Waals surface area contributed by atoms with Gasteiger partial charge in [0.15, 0.2) is 6.10 Å². The van der Waals surface area contributed by atoms with Crippen LogP contribution >= 0.6 is 11.8 Å². The molecular weight excluding hydrogens is 330 g/mol. The van der Waals surface area contributed by atoms with E-state index in [2.05, 4.69) is 18.3 Å². The summed E-state index contributed by atoms with van der Waals surface area (Å²) in [7, 11) is 0. The van der Waals surface area contributed by atoms with Crippen LogP contribution < -0.4 is 10.1 Å². The number of anilines is 1. The number of carbonyl (C=O) groups is 1. The predicted octanol–water partition coefficient (Wildman–Crippen LogP) is 5.36. The second-order valence-corrected chi connectivity index (χ2v) is 6.99. The fourth-order valence-corrected chi connectivity index (χ4v) is 3.34. The summed E-state index contributed by atoms with van der Waals surface area (Å²) >= 11 is 1.71. The number of ether oxygens (including phenoxy) is 1. The Morgan fingerprint density at radius 1 is 1.04 bits per heavy atom. The van der Waals surface area contributed by atoms with E-state index >= 15 is 0 Å². The molecule has 3 aromatic rings. The van der Waals surface area contributed by atoms with Gasteiger partial charge >= 0.3 is 0 Å². The number of rotatable bonds is 6. The van der Waals surface area contributed by atoms with Crippen LogP contribution in [-0.2, 0) is 4.79 Å². The van der Waals surface area contributed by atoms with E-state index in [1.54, 1.807) is 18.7 Å². The zero-order chi connectivity index (χ0) is 17.6. The Bertz CT molecular complexity index is 878. The zero-order valence-electron chi connectivity index (χ0n) is 14.4. The van der Waals surface area contributed by atoms with Crippen molar-refractivity contribution in [2.24, 2.45) is 0 Å². The van der Waals surface area contributed by atoms with Crippen molar-refractivity contribution < 1.29 is 9.53 Å². The third-order valence-corrected chi connectivity index (χ3v) is 4.80. The maximum absolute atomic E-state index is 12.5. The van der Waals surface area contributed by atoms with Crippen LogP contribution in [0.3, 0.4) is 0 Å². The molecule has 0 aliphatic heterocycles. The number of nitrogens with one attached hydrogen (secondary N) is 1. The highest BCUT2D eigenvalue weighted by Gasteiger charge is 2.16. The molecule has 3 aromatic carbocycles. The van der Waals surface area contributed by atoms with Gasteiger partial charge < -0.3 is 10.1 Å². The molecule has 0 aliphatic carbocycles. The van der Waals surface area contributed by atoms with Gasteiger partial charge in [0.2, 0.25) is 0 Å². The summed E-state index contributed by atoms with van der Waals surface area (Å²) in [5.41, 5.74) is 0.827. The van der Waals surface area contributed by atoms with Gasteiger partial charge in [-0.1, -0.05) is 49.4 Å². The minimum Gasteiger partial charge on any atom is -0.481 e. The van der Waals surface area contributed by atoms with E-state index in [0.29, 0.717) is 5.75 Å². The average Bonchev–Trinajstić information content (AvgIpc) is 2.63. The van der Waals surface area contributed by atoms with Gasteiger partial charge in [0.05, 0.1) is 5.69 Å². The van der Waals surface area contributed by atoms with Gasteiger partial charge in [-0.2, -0.15) is 0 Å². The van der Waals surface area contributed by atoms with Crippen molar-refractivity contribution in [2.45, 2.75) is 24.8 Å². The second-order valence-electron chi connectivity index (χ2n) is 5.69. The zero-order valence-corrected chi connectivity index (χ0v) is 15.2. The third-order valence-electron chi connectivity index (χ3n) is 3.85. The first-order valence-corrected chi connectivity index (χ1v) is 9.34. The topological polar surface area (TPSA) is 38.3 Å². The van der Waals surface area contributed by atoms with E-state index < -0.39 is 6.10 Å². The van der Waals surface area contributed by atoms with Crippen molar-refractivity contribution >= 4 is 34.1 Å². The van der Waals surface area contributed by atoms with E-state index in [-0.39, 0.29) is 5.91 Å². The molecule has 0 unspecified atom stereocenters. The van der Waals surface area contributed by atoms with Crippen molar-refractivity contribution in [3.8, 4) is 5.75 Å². The lowest BCUT2D eigenvalue weighted by atomic mass is 10.1.